The molecule has 0 N–H and O–H groups in total. The molecule has 0 aliphatic rings. The maximum atomic E-state index is 11.0. The van der Waals surface area contributed by atoms with Gasteiger partial charge in [-0.2, -0.15) is 0 Å². The number of aryl methyl sites for hydroxylation is 2. The van der Waals surface area contributed by atoms with Crippen LogP contribution in [-0.2, 0) is 13.1 Å². The van der Waals surface area contributed by atoms with Crippen molar-refractivity contribution in [3.8, 4) is 0 Å². The molecule has 0 aliphatic heterocycles. The van der Waals surface area contributed by atoms with Gasteiger partial charge in [-0.1, -0.05) is 6.07 Å². The number of benzene rings is 1. The van der Waals surface area contributed by atoms with Crippen molar-refractivity contribution in [3.63, 3.8) is 0 Å². The summed E-state index contributed by atoms with van der Waals surface area (Å²) in [6.07, 6.45) is 8.33. The normalized spacial score (nSPS) is 11.0. The maximum Gasteiger partial charge on any atom is 0.278 e. The Morgan fingerprint density at radius 2 is 2.10 bits per heavy atom. The van der Waals surface area contributed by atoms with Gasteiger partial charge in [-0.15, -0.1) is 0 Å². The molecule has 0 unspecified atom stereocenters. The Morgan fingerprint density at radius 1 is 1.20 bits per heavy atom. The maximum absolute atomic E-state index is 11.0. The molecule has 1 aromatic carbocycles. The summed E-state index contributed by atoms with van der Waals surface area (Å²) in [5.41, 5.74) is 1.07. The summed E-state index contributed by atoms with van der Waals surface area (Å²) in [7, 11) is 0. The number of nitrogens with zero attached hydrogens (tertiary/aromatic N) is 4. The van der Waals surface area contributed by atoms with Crippen molar-refractivity contribution >= 4 is 16.6 Å². The highest BCUT2D eigenvalue weighted by molar-refractivity contribution is 5.89. The minimum Gasteiger partial charge on any atom is -0.347 e. The zero-order valence-electron chi connectivity index (χ0n) is 10.8. The molecule has 0 aliphatic carbocycles. The molecule has 0 atom stereocenters. The molecule has 0 spiro atoms. The number of aromatic nitrogens is 3. The van der Waals surface area contributed by atoms with Crippen molar-refractivity contribution < 1.29 is 4.92 Å². The van der Waals surface area contributed by atoms with Gasteiger partial charge in [-0.3, -0.25) is 10.1 Å². The van der Waals surface area contributed by atoms with E-state index >= 15 is 0 Å². The SMILES string of the molecule is O=[N+]([O-])c1cccc2c1ccn2CCCn1ccnc1. The van der Waals surface area contributed by atoms with E-state index in [9.17, 15) is 10.1 Å². The Labute approximate surface area is 115 Å². The Morgan fingerprint density at radius 3 is 2.85 bits per heavy atom. The predicted molar refractivity (Wildman–Crippen MR) is 75.4 cm³/mol. The van der Waals surface area contributed by atoms with E-state index in [0.717, 1.165) is 25.0 Å². The second-order valence-electron chi connectivity index (χ2n) is 4.63. The van der Waals surface area contributed by atoms with Gasteiger partial charge in [-0.25, -0.2) is 4.98 Å². The second-order valence-corrected chi connectivity index (χ2v) is 4.63. The van der Waals surface area contributed by atoms with Crippen molar-refractivity contribution in [2.75, 3.05) is 0 Å². The van der Waals surface area contributed by atoms with Crippen molar-refractivity contribution in [2.45, 2.75) is 19.5 Å². The highest BCUT2D eigenvalue weighted by atomic mass is 16.6. The highest BCUT2D eigenvalue weighted by Gasteiger charge is 2.13. The number of hydrogen-bond donors (Lipinski definition) is 0. The molecule has 0 radical (unpaired) electrons. The summed E-state index contributed by atoms with van der Waals surface area (Å²) >= 11 is 0. The van der Waals surface area contributed by atoms with Crippen LogP contribution in [-0.4, -0.2) is 19.0 Å². The van der Waals surface area contributed by atoms with Crippen LogP contribution in [0.25, 0.3) is 10.9 Å². The van der Waals surface area contributed by atoms with Gasteiger partial charge >= 0.3 is 0 Å². The van der Waals surface area contributed by atoms with Crippen LogP contribution >= 0.6 is 0 Å². The van der Waals surface area contributed by atoms with Gasteiger partial charge in [-0.05, 0) is 18.6 Å². The van der Waals surface area contributed by atoms with Crippen LogP contribution in [0.2, 0.25) is 0 Å². The summed E-state index contributed by atoms with van der Waals surface area (Å²) < 4.78 is 4.08. The second kappa shape index (κ2) is 5.16. The third-order valence-corrected chi connectivity index (χ3v) is 3.36. The number of nitro groups is 1. The van der Waals surface area contributed by atoms with E-state index in [4.69, 9.17) is 0 Å². The number of hydrogen-bond acceptors (Lipinski definition) is 3. The first-order valence-corrected chi connectivity index (χ1v) is 6.44. The van der Waals surface area contributed by atoms with Crippen LogP contribution in [0.15, 0.2) is 49.2 Å². The van der Waals surface area contributed by atoms with E-state index < -0.39 is 0 Å². The summed E-state index contributed by atoms with van der Waals surface area (Å²) in [6, 6.07) is 7.00. The van der Waals surface area contributed by atoms with Crippen LogP contribution in [0.5, 0.6) is 0 Å². The molecule has 0 bridgehead atoms. The van der Waals surface area contributed by atoms with E-state index in [1.54, 1.807) is 18.6 Å². The molecular weight excluding hydrogens is 256 g/mol. The Hall–Kier alpha value is -2.63. The molecule has 0 amide bonds. The molecule has 2 heterocycles. The molecule has 0 saturated heterocycles. The van der Waals surface area contributed by atoms with E-state index in [1.165, 1.54) is 6.07 Å². The standard InChI is InChI=1S/C14H14N4O2/c19-18(20)14-4-1-3-13-12(14)5-9-17(13)8-2-7-16-10-6-15-11-16/h1,3-6,9-11H,2,7-8H2. The molecule has 0 saturated carbocycles. The smallest absolute Gasteiger partial charge is 0.278 e. The average Bonchev–Trinajstić information content (AvgIpc) is 3.08. The molecular formula is C14H14N4O2. The van der Waals surface area contributed by atoms with Gasteiger partial charge in [0.05, 0.1) is 22.2 Å². The zero-order chi connectivity index (χ0) is 13.9. The monoisotopic (exact) mass is 270 g/mol. The van der Waals surface area contributed by atoms with E-state index in [-0.39, 0.29) is 10.6 Å². The summed E-state index contributed by atoms with van der Waals surface area (Å²) in [4.78, 5) is 14.6. The molecule has 0 fully saturated rings. The largest absolute Gasteiger partial charge is 0.347 e. The van der Waals surface area contributed by atoms with Gasteiger partial charge in [0, 0.05) is 37.7 Å². The van der Waals surface area contributed by atoms with Gasteiger partial charge in [0.15, 0.2) is 0 Å². The molecule has 6 heteroatoms. The minimum absolute atomic E-state index is 0.163. The third-order valence-electron chi connectivity index (χ3n) is 3.36. The molecule has 2 aromatic heterocycles. The average molecular weight is 270 g/mol. The lowest BCUT2D eigenvalue weighted by atomic mass is 10.2. The lowest BCUT2D eigenvalue weighted by Gasteiger charge is -2.06. The first-order chi connectivity index (χ1) is 9.75. The lowest BCUT2D eigenvalue weighted by Crippen LogP contribution is -2.01. The van der Waals surface area contributed by atoms with Gasteiger partial charge < -0.3 is 9.13 Å². The number of rotatable bonds is 5. The first kappa shape index (κ1) is 12.4. The number of imidazole rings is 1. The number of non-ortho nitro benzene ring substituents is 1. The number of nitro benzene ring substituents is 1. The third kappa shape index (κ3) is 2.27. The van der Waals surface area contributed by atoms with Crippen LogP contribution in [0, 0.1) is 10.1 Å². The van der Waals surface area contributed by atoms with Crippen LogP contribution in [0.3, 0.4) is 0 Å². The van der Waals surface area contributed by atoms with Crippen molar-refractivity contribution in [2.24, 2.45) is 0 Å². The van der Waals surface area contributed by atoms with E-state index in [2.05, 4.69) is 9.55 Å². The molecule has 102 valence electrons. The summed E-state index contributed by atoms with van der Waals surface area (Å²) in [6.45, 7) is 1.71. The fourth-order valence-electron chi connectivity index (χ4n) is 2.40. The molecule has 3 rings (SSSR count). The number of fused-ring (bicyclic) bond motifs is 1. The fraction of sp³-hybridized carbons (Fsp3) is 0.214. The predicted octanol–water partition coefficient (Wildman–Crippen LogP) is 2.84. The van der Waals surface area contributed by atoms with Crippen LogP contribution in [0.1, 0.15) is 6.42 Å². The Kier molecular flexibility index (Phi) is 3.20. The minimum atomic E-state index is -0.335. The molecule has 20 heavy (non-hydrogen) atoms. The summed E-state index contributed by atoms with van der Waals surface area (Å²) in [5.74, 6) is 0. The quantitative estimate of drug-likeness (QED) is 0.529. The van der Waals surface area contributed by atoms with Gasteiger partial charge in [0.1, 0.15) is 0 Å². The topological polar surface area (TPSA) is 65.9 Å². The highest BCUT2D eigenvalue weighted by Crippen LogP contribution is 2.26. The van der Waals surface area contributed by atoms with Gasteiger partial charge in [0.25, 0.3) is 5.69 Å². The van der Waals surface area contributed by atoms with E-state index in [1.807, 2.05) is 29.1 Å². The zero-order valence-corrected chi connectivity index (χ0v) is 10.8. The van der Waals surface area contributed by atoms with Crippen molar-refractivity contribution in [1.29, 1.82) is 0 Å². The van der Waals surface area contributed by atoms with Crippen LogP contribution < -0.4 is 0 Å². The van der Waals surface area contributed by atoms with E-state index in [0.29, 0.717) is 5.39 Å². The van der Waals surface area contributed by atoms with Crippen molar-refractivity contribution in [3.05, 3.63) is 59.3 Å². The Bertz CT molecular complexity index is 731. The lowest BCUT2D eigenvalue weighted by molar-refractivity contribution is -0.383. The summed E-state index contributed by atoms with van der Waals surface area (Å²) in [5, 5.41) is 11.7. The Balaban J connectivity index is 1.79. The van der Waals surface area contributed by atoms with Crippen molar-refractivity contribution in [1.82, 2.24) is 14.1 Å². The fourth-order valence-corrected chi connectivity index (χ4v) is 2.40. The molecule has 6 nitrogen and oxygen atoms in total. The molecule has 3 aromatic rings. The van der Waals surface area contributed by atoms with Crippen LogP contribution in [0.4, 0.5) is 5.69 Å². The van der Waals surface area contributed by atoms with Gasteiger partial charge in [0.2, 0.25) is 0 Å². The first-order valence-electron chi connectivity index (χ1n) is 6.44.